The summed E-state index contributed by atoms with van der Waals surface area (Å²) in [6.07, 6.45) is 0. The van der Waals surface area contributed by atoms with Crippen LogP contribution in [0.25, 0.3) is 10.9 Å². The van der Waals surface area contributed by atoms with Crippen molar-refractivity contribution in [2.24, 2.45) is 0 Å². The number of carbonyl (C=O) groups is 1. The molecule has 0 bridgehead atoms. The zero-order valence-electron chi connectivity index (χ0n) is 13.8. The molecule has 0 spiro atoms. The average molecular weight is 355 g/mol. The molecule has 0 fully saturated rings. The molecule has 1 heterocycles. The Balaban J connectivity index is 1.80. The highest BCUT2D eigenvalue weighted by Crippen LogP contribution is 2.18. The summed E-state index contributed by atoms with van der Waals surface area (Å²) in [7, 11) is -0.553. The summed E-state index contributed by atoms with van der Waals surface area (Å²) >= 11 is 0. The first-order chi connectivity index (χ1) is 11.9. The number of aromatic nitrogens is 1. The molecule has 128 valence electrons. The third-order valence-corrected chi connectivity index (χ3v) is 5.55. The van der Waals surface area contributed by atoms with Gasteiger partial charge >= 0.3 is 0 Å². The molecule has 0 aliphatic heterocycles. The van der Waals surface area contributed by atoms with Gasteiger partial charge in [-0.05, 0) is 36.4 Å². The van der Waals surface area contributed by atoms with E-state index < -0.39 is 10.0 Å². The lowest BCUT2D eigenvalue weighted by molar-refractivity contribution is 0.102. The lowest BCUT2D eigenvalue weighted by Crippen LogP contribution is -2.22. The second-order valence-electron chi connectivity index (χ2n) is 5.66. The van der Waals surface area contributed by atoms with Crippen LogP contribution >= 0.6 is 0 Å². The SMILES string of the molecule is CN(C)S(=O)(=O)c1ccc(NC(=O)c2ccc3ccccc3n2)cc1. The number of nitrogens with zero attached hydrogens (tertiary/aromatic N) is 2. The van der Waals surface area contributed by atoms with Gasteiger partial charge in [0.25, 0.3) is 5.91 Å². The van der Waals surface area contributed by atoms with Crippen molar-refractivity contribution in [3.8, 4) is 0 Å². The van der Waals surface area contributed by atoms with Crippen LogP contribution in [0.3, 0.4) is 0 Å². The molecule has 1 aromatic heterocycles. The van der Waals surface area contributed by atoms with Gasteiger partial charge in [0.05, 0.1) is 10.4 Å². The molecular weight excluding hydrogens is 338 g/mol. The highest BCUT2D eigenvalue weighted by atomic mass is 32.2. The standard InChI is InChI=1S/C18H17N3O3S/c1-21(2)25(23,24)15-10-8-14(9-11-15)19-18(22)17-12-7-13-5-3-4-6-16(13)20-17/h3-12H,1-2H3,(H,19,22). The Bertz CT molecular complexity index is 1030. The fourth-order valence-electron chi connectivity index (χ4n) is 2.31. The minimum absolute atomic E-state index is 0.166. The minimum atomic E-state index is -3.49. The van der Waals surface area contributed by atoms with E-state index in [1.807, 2.05) is 30.3 Å². The van der Waals surface area contributed by atoms with Crippen LogP contribution in [0.15, 0.2) is 65.6 Å². The van der Waals surface area contributed by atoms with Gasteiger partial charge in [0, 0.05) is 25.2 Å². The molecule has 0 atom stereocenters. The second-order valence-corrected chi connectivity index (χ2v) is 7.81. The molecule has 0 radical (unpaired) electrons. The maximum absolute atomic E-state index is 12.3. The Morgan fingerprint density at radius 2 is 1.64 bits per heavy atom. The van der Waals surface area contributed by atoms with E-state index in [1.165, 1.54) is 26.2 Å². The van der Waals surface area contributed by atoms with E-state index in [1.54, 1.807) is 18.2 Å². The van der Waals surface area contributed by atoms with Crippen molar-refractivity contribution in [2.75, 3.05) is 19.4 Å². The Morgan fingerprint density at radius 1 is 0.960 bits per heavy atom. The Kier molecular flexibility index (Phi) is 4.52. The van der Waals surface area contributed by atoms with E-state index in [9.17, 15) is 13.2 Å². The van der Waals surface area contributed by atoms with E-state index in [0.29, 0.717) is 11.4 Å². The van der Waals surface area contributed by atoms with Crippen LogP contribution in [0.2, 0.25) is 0 Å². The molecule has 7 heteroatoms. The summed E-state index contributed by atoms with van der Waals surface area (Å²) < 4.78 is 25.2. The zero-order valence-corrected chi connectivity index (χ0v) is 14.6. The average Bonchev–Trinajstić information content (AvgIpc) is 2.61. The fourth-order valence-corrected chi connectivity index (χ4v) is 3.21. The van der Waals surface area contributed by atoms with Crippen molar-refractivity contribution < 1.29 is 13.2 Å². The lowest BCUT2D eigenvalue weighted by atomic mass is 10.2. The van der Waals surface area contributed by atoms with Crippen LogP contribution in [-0.2, 0) is 10.0 Å². The van der Waals surface area contributed by atoms with Crippen molar-refractivity contribution in [3.05, 3.63) is 66.4 Å². The molecule has 0 aliphatic carbocycles. The normalized spacial score (nSPS) is 11.6. The van der Waals surface area contributed by atoms with Gasteiger partial charge in [0.15, 0.2) is 0 Å². The molecule has 3 rings (SSSR count). The van der Waals surface area contributed by atoms with E-state index in [2.05, 4.69) is 10.3 Å². The Labute approximate surface area is 146 Å². The van der Waals surface area contributed by atoms with Crippen LogP contribution in [0.1, 0.15) is 10.5 Å². The first kappa shape index (κ1) is 17.1. The number of hydrogen-bond donors (Lipinski definition) is 1. The van der Waals surface area contributed by atoms with Gasteiger partial charge in [-0.1, -0.05) is 24.3 Å². The fraction of sp³-hybridized carbons (Fsp3) is 0.111. The first-order valence-corrected chi connectivity index (χ1v) is 9.02. The quantitative estimate of drug-likeness (QED) is 0.780. The number of sulfonamides is 1. The molecular formula is C18H17N3O3S. The number of nitrogens with one attached hydrogen (secondary N) is 1. The van der Waals surface area contributed by atoms with Gasteiger partial charge in [-0.15, -0.1) is 0 Å². The largest absolute Gasteiger partial charge is 0.321 e. The number of carbonyl (C=O) groups excluding carboxylic acids is 1. The first-order valence-electron chi connectivity index (χ1n) is 7.58. The topological polar surface area (TPSA) is 79.4 Å². The van der Waals surface area contributed by atoms with E-state index in [0.717, 1.165) is 15.2 Å². The lowest BCUT2D eigenvalue weighted by Gasteiger charge is -2.12. The summed E-state index contributed by atoms with van der Waals surface area (Å²) in [6, 6.07) is 17.0. The molecule has 0 unspecified atom stereocenters. The number of pyridine rings is 1. The summed E-state index contributed by atoms with van der Waals surface area (Å²) in [5.74, 6) is -0.353. The van der Waals surface area contributed by atoms with E-state index >= 15 is 0 Å². The maximum Gasteiger partial charge on any atom is 0.274 e. The molecule has 6 nitrogen and oxygen atoms in total. The summed E-state index contributed by atoms with van der Waals surface area (Å²) in [5, 5.41) is 3.68. The number of para-hydroxylation sites is 1. The summed E-state index contributed by atoms with van der Waals surface area (Å²) in [6.45, 7) is 0. The predicted octanol–water partition coefficient (Wildman–Crippen LogP) is 2.74. The summed E-state index contributed by atoms with van der Waals surface area (Å²) in [5.41, 5.74) is 1.53. The highest BCUT2D eigenvalue weighted by molar-refractivity contribution is 7.89. The van der Waals surface area contributed by atoms with Crippen molar-refractivity contribution in [1.29, 1.82) is 0 Å². The van der Waals surface area contributed by atoms with Crippen molar-refractivity contribution in [1.82, 2.24) is 9.29 Å². The van der Waals surface area contributed by atoms with Gasteiger partial charge in [-0.2, -0.15) is 0 Å². The third kappa shape index (κ3) is 3.52. The monoisotopic (exact) mass is 355 g/mol. The zero-order chi connectivity index (χ0) is 18.0. The van der Waals surface area contributed by atoms with E-state index in [4.69, 9.17) is 0 Å². The van der Waals surface area contributed by atoms with Crippen LogP contribution in [0.5, 0.6) is 0 Å². The third-order valence-electron chi connectivity index (χ3n) is 3.72. The predicted molar refractivity (Wildman–Crippen MR) is 97.0 cm³/mol. The van der Waals surface area contributed by atoms with Gasteiger partial charge in [0.1, 0.15) is 5.69 Å². The molecule has 0 aliphatic rings. The second kappa shape index (κ2) is 6.62. The number of anilines is 1. The molecule has 0 saturated carbocycles. The highest BCUT2D eigenvalue weighted by Gasteiger charge is 2.17. The van der Waals surface area contributed by atoms with Gasteiger partial charge in [0.2, 0.25) is 10.0 Å². The number of rotatable bonds is 4. The van der Waals surface area contributed by atoms with Crippen molar-refractivity contribution in [2.45, 2.75) is 4.90 Å². The number of hydrogen-bond acceptors (Lipinski definition) is 4. The van der Waals surface area contributed by atoms with Gasteiger partial charge < -0.3 is 5.32 Å². The van der Waals surface area contributed by atoms with Crippen molar-refractivity contribution >= 4 is 32.5 Å². The minimum Gasteiger partial charge on any atom is -0.321 e. The van der Waals surface area contributed by atoms with Crippen LogP contribution in [0.4, 0.5) is 5.69 Å². The number of benzene rings is 2. The van der Waals surface area contributed by atoms with Crippen LogP contribution < -0.4 is 5.32 Å². The van der Waals surface area contributed by atoms with Gasteiger partial charge in [-0.3, -0.25) is 4.79 Å². The molecule has 2 aromatic carbocycles. The Morgan fingerprint density at radius 3 is 2.32 bits per heavy atom. The maximum atomic E-state index is 12.3. The van der Waals surface area contributed by atoms with E-state index in [-0.39, 0.29) is 10.8 Å². The molecule has 1 N–H and O–H groups in total. The molecule has 25 heavy (non-hydrogen) atoms. The molecule has 0 saturated heterocycles. The molecule has 1 amide bonds. The van der Waals surface area contributed by atoms with Crippen molar-refractivity contribution in [3.63, 3.8) is 0 Å². The summed E-state index contributed by atoms with van der Waals surface area (Å²) in [4.78, 5) is 16.9. The Hall–Kier alpha value is -2.77. The number of amides is 1. The smallest absolute Gasteiger partial charge is 0.274 e. The van der Waals surface area contributed by atoms with Gasteiger partial charge in [-0.25, -0.2) is 17.7 Å². The van der Waals surface area contributed by atoms with Crippen LogP contribution in [-0.4, -0.2) is 37.7 Å². The molecule has 3 aromatic rings. The number of fused-ring (bicyclic) bond motifs is 1. The van der Waals surface area contributed by atoms with Crippen LogP contribution in [0, 0.1) is 0 Å².